The molecular formula is C16H14FN5O2. The largest absolute Gasteiger partial charge is 0.490 e. The average Bonchev–Trinajstić information content (AvgIpc) is 3.09. The van der Waals surface area contributed by atoms with E-state index < -0.39 is 12.6 Å². The highest BCUT2D eigenvalue weighted by atomic mass is 19.1. The van der Waals surface area contributed by atoms with E-state index >= 15 is 0 Å². The van der Waals surface area contributed by atoms with Gasteiger partial charge in [-0.15, -0.1) is 5.10 Å². The number of alkyl halides is 1. The van der Waals surface area contributed by atoms with Gasteiger partial charge in [0.2, 0.25) is 5.95 Å². The molecule has 1 amide bonds. The van der Waals surface area contributed by atoms with Crippen LogP contribution in [-0.4, -0.2) is 38.9 Å². The van der Waals surface area contributed by atoms with Crippen LogP contribution in [0, 0.1) is 0 Å². The molecule has 0 spiro atoms. The normalized spacial score (nSPS) is 10.4. The van der Waals surface area contributed by atoms with E-state index in [9.17, 15) is 9.18 Å². The maximum Gasteiger partial charge on any atom is 0.260 e. The van der Waals surface area contributed by atoms with Crippen LogP contribution in [-0.2, 0) is 0 Å². The summed E-state index contributed by atoms with van der Waals surface area (Å²) in [6, 6.07) is 9.95. The first-order chi connectivity index (χ1) is 11.8. The fraction of sp³-hybridized carbons (Fsp3) is 0.125. The highest BCUT2D eigenvalue weighted by molar-refractivity contribution is 6.05. The number of hydrogen-bond acceptors (Lipinski definition) is 5. The molecular weight excluding hydrogens is 313 g/mol. The van der Waals surface area contributed by atoms with E-state index in [1.54, 1.807) is 55.0 Å². The van der Waals surface area contributed by atoms with Crippen LogP contribution in [0.3, 0.4) is 0 Å². The van der Waals surface area contributed by atoms with Crippen molar-refractivity contribution < 1.29 is 13.9 Å². The smallest absolute Gasteiger partial charge is 0.260 e. The zero-order chi connectivity index (χ0) is 16.8. The molecule has 24 heavy (non-hydrogen) atoms. The standard InChI is InChI=1S/C16H14FN5O2/c17-7-11-24-13-5-2-1-4-12(13)15(23)20-14-6-10-22(21-14)16-18-8-3-9-19-16/h1-6,8-10H,7,11H2,(H,20,21,23). The second-order valence-corrected chi connectivity index (χ2v) is 4.68. The zero-order valence-corrected chi connectivity index (χ0v) is 12.6. The van der Waals surface area contributed by atoms with Gasteiger partial charge in [0.05, 0.1) is 5.56 Å². The van der Waals surface area contributed by atoms with Gasteiger partial charge in [0, 0.05) is 24.7 Å². The van der Waals surface area contributed by atoms with Gasteiger partial charge in [-0.3, -0.25) is 4.79 Å². The number of benzene rings is 1. The Morgan fingerprint density at radius 2 is 1.96 bits per heavy atom. The molecule has 0 aliphatic rings. The second kappa shape index (κ2) is 7.32. The summed E-state index contributed by atoms with van der Waals surface area (Å²) in [7, 11) is 0. The minimum absolute atomic E-state index is 0.107. The van der Waals surface area contributed by atoms with Crippen LogP contribution < -0.4 is 10.1 Å². The van der Waals surface area contributed by atoms with Gasteiger partial charge in [0.25, 0.3) is 5.91 Å². The number of halogens is 1. The van der Waals surface area contributed by atoms with Crippen LogP contribution in [0.4, 0.5) is 10.2 Å². The molecule has 0 bridgehead atoms. The van der Waals surface area contributed by atoms with Crippen molar-refractivity contribution in [1.82, 2.24) is 19.7 Å². The zero-order valence-electron chi connectivity index (χ0n) is 12.6. The molecule has 0 atom stereocenters. The molecule has 2 aromatic heterocycles. The summed E-state index contributed by atoms with van der Waals surface area (Å²) in [5, 5.41) is 6.86. The lowest BCUT2D eigenvalue weighted by atomic mass is 10.2. The summed E-state index contributed by atoms with van der Waals surface area (Å²) in [4.78, 5) is 20.5. The minimum atomic E-state index is -0.628. The molecule has 8 heteroatoms. The Bertz CT molecular complexity index is 822. The molecule has 3 rings (SSSR count). The van der Waals surface area contributed by atoms with Crippen molar-refractivity contribution in [3.8, 4) is 11.7 Å². The number of ether oxygens (including phenoxy) is 1. The summed E-state index contributed by atoms with van der Waals surface area (Å²) in [6.45, 7) is -0.734. The third-order valence-corrected chi connectivity index (χ3v) is 3.05. The number of carbonyl (C=O) groups is 1. The van der Waals surface area contributed by atoms with Crippen LogP contribution in [0.1, 0.15) is 10.4 Å². The fourth-order valence-corrected chi connectivity index (χ4v) is 2.02. The van der Waals surface area contributed by atoms with Crippen molar-refractivity contribution in [3.63, 3.8) is 0 Å². The number of amides is 1. The SMILES string of the molecule is O=C(Nc1ccn(-c2ncccn2)n1)c1ccccc1OCCF. The van der Waals surface area contributed by atoms with Crippen LogP contribution >= 0.6 is 0 Å². The molecule has 0 radical (unpaired) electrons. The second-order valence-electron chi connectivity index (χ2n) is 4.68. The van der Waals surface area contributed by atoms with Gasteiger partial charge < -0.3 is 10.1 Å². The molecule has 2 heterocycles. The van der Waals surface area contributed by atoms with Gasteiger partial charge in [0.1, 0.15) is 19.0 Å². The summed E-state index contributed by atoms with van der Waals surface area (Å²) in [5.41, 5.74) is 0.302. The third-order valence-electron chi connectivity index (χ3n) is 3.05. The molecule has 0 fully saturated rings. The number of hydrogen-bond donors (Lipinski definition) is 1. The lowest BCUT2D eigenvalue weighted by Gasteiger charge is -2.09. The van der Waals surface area contributed by atoms with Gasteiger partial charge in [-0.2, -0.15) is 0 Å². The van der Waals surface area contributed by atoms with E-state index in [-0.39, 0.29) is 6.61 Å². The Balaban J connectivity index is 1.75. The highest BCUT2D eigenvalue weighted by Crippen LogP contribution is 2.19. The number of aromatic nitrogens is 4. The van der Waals surface area contributed by atoms with Crippen LogP contribution in [0.2, 0.25) is 0 Å². The van der Waals surface area contributed by atoms with Gasteiger partial charge in [-0.1, -0.05) is 12.1 Å². The van der Waals surface area contributed by atoms with Gasteiger partial charge in [-0.05, 0) is 18.2 Å². The van der Waals surface area contributed by atoms with Gasteiger partial charge >= 0.3 is 0 Å². The lowest BCUT2D eigenvalue weighted by Crippen LogP contribution is -2.15. The predicted octanol–water partition coefficient (Wildman–Crippen LogP) is 2.26. The maximum atomic E-state index is 12.4. The van der Waals surface area contributed by atoms with Crippen molar-refractivity contribution in [2.45, 2.75) is 0 Å². The van der Waals surface area contributed by atoms with Gasteiger partial charge in [0.15, 0.2) is 5.82 Å². The molecule has 1 aromatic carbocycles. The Morgan fingerprint density at radius 1 is 1.17 bits per heavy atom. The van der Waals surface area contributed by atoms with Crippen LogP contribution in [0.5, 0.6) is 5.75 Å². The number of para-hydroxylation sites is 1. The first kappa shape index (κ1) is 15.6. The van der Waals surface area contributed by atoms with E-state index in [0.717, 1.165) is 0 Å². The summed E-state index contributed by atoms with van der Waals surface area (Å²) < 4.78 is 19.0. The van der Waals surface area contributed by atoms with Crippen LogP contribution in [0.25, 0.3) is 5.95 Å². The maximum absolute atomic E-state index is 12.4. The highest BCUT2D eigenvalue weighted by Gasteiger charge is 2.14. The first-order valence-electron chi connectivity index (χ1n) is 7.20. The third kappa shape index (κ3) is 3.54. The number of nitrogens with zero attached hydrogens (tertiary/aromatic N) is 4. The van der Waals surface area contributed by atoms with E-state index in [0.29, 0.717) is 23.1 Å². The molecule has 3 aromatic rings. The van der Waals surface area contributed by atoms with Crippen molar-refractivity contribution in [1.29, 1.82) is 0 Å². The van der Waals surface area contributed by atoms with E-state index in [4.69, 9.17) is 4.74 Å². The van der Waals surface area contributed by atoms with Crippen molar-refractivity contribution >= 4 is 11.7 Å². The molecule has 0 saturated heterocycles. The number of anilines is 1. The van der Waals surface area contributed by atoms with Crippen molar-refractivity contribution in [2.75, 3.05) is 18.6 Å². The van der Waals surface area contributed by atoms with E-state index in [1.165, 1.54) is 4.68 Å². The molecule has 0 aliphatic heterocycles. The monoisotopic (exact) mass is 327 g/mol. The summed E-state index contributed by atoms with van der Waals surface area (Å²) in [6.07, 6.45) is 4.83. The topological polar surface area (TPSA) is 81.9 Å². The molecule has 122 valence electrons. The van der Waals surface area contributed by atoms with Crippen molar-refractivity contribution in [3.05, 3.63) is 60.6 Å². The molecule has 7 nitrogen and oxygen atoms in total. The Hall–Kier alpha value is -3.29. The average molecular weight is 327 g/mol. The molecule has 0 unspecified atom stereocenters. The molecule has 1 N–H and O–H groups in total. The predicted molar refractivity (Wildman–Crippen MR) is 85.0 cm³/mol. The Labute approximate surface area is 137 Å². The minimum Gasteiger partial charge on any atom is -0.490 e. The molecule has 0 saturated carbocycles. The van der Waals surface area contributed by atoms with Gasteiger partial charge in [-0.25, -0.2) is 19.0 Å². The number of nitrogens with one attached hydrogen (secondary N) is 1. The first-order valence-corrected chi connectivity index (χ1v) is 7.20. The van der Waals surface area contributed by atoms with E-state index in [1.807, 2.05) is 0 Å². The summed E-state index contributed by atoms with van der Waals surface area (Å²) in [5.74, 6) is 0.652. The number of rotatable bonds is 6. The van der Waals surface area contributed by atoms with E-state index in [2.05, 4.69) is 20.4 Å². The number of carbonyl (C=O) groups excluding carboxylic acids is 1. The lowest BCUT2D eigenvalue weighted by molar-refractivity contribution is 0.102. The van der Waals surface area contributed by atoms with Crippen molar-refractivity contribution in [2.24, 2.45) is 0 Å². The quantitative estimate of drug-likeness (QED) is 0.751. The summed E-state index contributed by atoms with van der Waals surface area (Å²) >= 11 is 0. The Morgan fingerprint density at radius 3 is 2.75 bits per heavy atom. The Kier molecular flexibility index (Phi) is 4.76. The molecule has 0 aliphatic carbocycles. The van der Waals surface area contributed by atoms with Crippen LogP contribution in [0.15, 0.2) is 55.0 Å². The fourth-order valence-electron chi connectivity index (χ4n) is 2.02.